The number of carbonyl (C=O) groups is 1. The maximum Gasteiger partial charge on any atom is 0.291 e. The van der Waals surface area contributed by atoms with Crippen LogP contribution in [0.3, 0.4) is 0 Å². The molecular formula is C13H14N4O3S2. The van der Waals surface area contributed by atoms with Crippen molar-refractivity contribution in [1.29, 1.82) is 0 Å². The van der Waals surface area contributed by atoms with Gasteiger partial charge >= 0.3 is 0 Å². The molecule has 9 heteroatoms. The predicted molar refractivity (Wildman–Crippen MR) is 84.5 cm³/mol. The number of aromatic nitrogens is 1. The number of thiazole rings is 1. The predicted octanol–water partition coefficient (Wildman–Crippen LogP) is 0.790. The fraction of sp³-hybridized carbons (Fsp3) is 0.231. The third kappa shape index (κ3) is 2.32. The molecule has 0 bridgehead atoms. The van der Waals surface area contributed by atoms with Gasteiger partial charge in [0.05, 0.1) is 11.4 Å². The van der Waals surface area contributed by atoms with E-state index in [9.17, 15) is 13.2 Å². The molecule has 2 heterocycles. The average molecular weight is 338 g/mol. The van der Waals surface area contributed by atoms with E-state index in [1.807, 2.05) is 6.07 Å². The molecule has 1 aromatic heterocycles. The summed E-state index contributed by atoms with van der Waals surface area (Å²) in [6, 6.07) is 4.76. The summed E-state index contributed by atoms with van der Waals surface area (Å²) in [4.78, 5) is 15.2. The first-order chi connectivity index (χ1) is 10.4. The van der Waals surface area contributed by atoms with E-state index in [0.717, 1.165) is 16.9 Å². The van der Waals surface area contributed by atoms with Crippen LogP contribution in [0.2, 0.25) is 0 Å². The minimum atomic E-state index is -3.72. The number of nitrogens with two attached hydrogens (primary N) is 1. The van der Waals surface area contributed by atoms with Gasteiger partial charge in [-0.2, -0.15) is 8.42 Å². The molecule has 1 atom stereocenters. The van der Waals surface area contributed by atoms with Crippen molar-refractivity contribution in [2.45, 2.75) is 16.8 Å². The summed E-state index contributed by atoms with van der Waals surface area (Å²) < 4.78 is 26.3. The van der Waals surface area contributed by atoms with Crippen LogP contribution in [0.5, 0.6) is 0 Å². The second kappa shape index (κ2) is 5.25. The Balaban J connectivity index is 2.01. The van der Waals surface area contributed by atoms with Crippen LogP contribution in [0.1, 0.15) is 5.56 Å². The van der Waals surface area contributed by atoms with E-state index in [-0.39, 0.29) is 4.34 Å². The van der Waals surface area contributed by atoms with Crippen LogP contribution in [0.25, 0.3) is 0 Å². The summed E-state index contributed by atoms with van der Waals surface area (Å²) in [5.74, 6) is -0.465. The molecule has 0 saturated carbocycles. The van der Waals surface area contributed by atoms with Crippen molar-refractivity contribution in [3.8, 4) is 0 Å². The Labute approximate surface area is 131 Å². The number of sulfonamides is 1. The Kier molecular flexibility index (Phi) is 3.53. The molecule has 7 nitrogen and oxygen atoms in total. The van der Waals surface area contributed by atoms with Crippen molar-refractivity contribution >= 4 is 38.6 Å². The molecule has 1 unspecified atom stereocenters. The molecule has 3 N–H and O–H groups in total. The lowest BCUT2D eigenvalue weighted by Gasteiger charge is -2.21. The molecule has 0 aliphatic carbocycles. The Morgan fingerprint density at radius 2 is 2.27 bits per heavy atom. The summed E-state index contributed by atoms with van der Waals surface area (Å²) in [6.07, 6.45) is 1.89. The second-order valence-corrected chi connectivity index (χ2v) is 7.92. The van der Waals surface area contributed by atoms with Crippen molar-refractivity contribution in [2.75, 3.05) is 16.7 Å². The highest BCUT2D eigenvalue weighted by Crippen LogP contribution is 2.37. The highest BCUT2D eigenvalue weighted by Gasteiger charge is 2.31. The zero-order valence-corrected chi connectivity index (χ0v) is 13.3. The number of benzene rings is 1. The van der Waals surface area contributed by atoms with Gasteiger partial charge in [-0.05, 0) is 11.6 Å². The minimum absolute atomic E-state index is 0.0250. The van der Waals surface area contributed by atoms with Crippen LogP contribution in [-0.2, 0) is 21.2 Å². The van der Waals surface area contributed by atoms with Crippen LogP contribution in [0, 0.1) is 0 Å². The van der Waals surface area contributed by atoms with E-state index >= 15 is 0 Å². The van der Waals surface area contributed by atoms with Crippen LogP contribution < -0.4 is 15.4 Å². The lowest BCUT2D eigenvalue weighted by molar-refractivity contribution is -0.118. The van der Waals surface area contributed by atoms with Crippen LogP contribution >= 0.6 is 11.3 Å². The molecule has 0 radical (unpaired) electrons. The van der Waals surface area contributed by atoms with E-state index in [4.69, 9.17) is 5.73 Å². The molecule has 0 saturated heterocycles. The fourth-order valence-electron chi connectivity index (χ4n) is 2.39. The standard InChI is InChI=1S/C13H14N4O3S2/c1-17(22(19,20)13-15-5-6-21-13)10-4-2-3-8-7-9(12(14)18)16-11(8)10/h2-6,9,16H,7H2,1H3,(H2,14,18). The highest BCUT2D eigenvalue weighted by molar-refractivity contribution is 7.94. The molecular weight excluding hydrogens is 324 g/mol. The monoisotopic (exact) mass is 338 g/mol. The first-order valence-electron chi connectivity index (χ1n) is 6.47. The summed E-state index contributed by atoms with van der Waals surface area (Å²) >= 11 is 1.06. The number of primary amides is 1. The summed E-state index contributed by atoms with van der Waals surface area (Å²) in [5, 5.41) is 4.61. The number of amides is 1. The molecule has 116 valence electrons. The number of rotatable bonds is 4. The van der Waals surface area contributed by atoms with Gasteiger partial charge in [0.25, 0.3) is 10.0 Å². The molecule has 1 aromatic carbocycles. The van der Waals surface area contributed by atoms with E-state index in [2.05, 4.69) is 10.3 Å². The molecule has 0 spiro atoms. The molecule has 1 amide bonds. The molecule has 0 fully saturated rings. The van der Waals surface area contributed by atoms with E-state index < -0.39 is 22.0 Å². The van der Waals surface area contributed by atoms with Crippen molar-refractivity contribution in [1.82, 2.24) is 4.98 Å². The van der Waals surface area contributed by atoms with Crippen molar-refractivity contribution in [3.63, 3.8) is 0 Å². The van der Waals surface area contributed by atoms with Gasteiger partial charge in [-0.1, -0.05) is 12.1 Å². The quantitative estimate of drug-likeness (QED) is 0.857. The normalized spacial score (nSPS) is 16.9. The number of nitrogens with zero attached hydrogens (tertiary/aromatic N) is 2. The number of hydrogen-bond acceptors (Lipinski definition) is 6. The maximum atomic E-state index is 12.6. The number of carbonyl (C=O) groups excluding carboxylic acids is 1. The fourth-order valence-corrected chi connectivity index (χ4v) is 4.57. The topological polar surface area (TPSA) is 105 Å². The van der Waals surface area contributed by atoms with Crippen molar-refractivity contribution in [2.24, 2.45) is 5.73 Å². The number of anilines is 2. The van der Waals surface area contributed by atoms with Gasteiger partial charge < -0.3 is 11.1 Å². The number of fused-ring (bicyclic) bond motifs is 1. The lowest BCUT2D eigenvalue weighted by atomic mass is 10.1. The zero-order valence-electron chi connectivity index (χ0n) is 11.7. The van der Waals surface area contributed by atoms with Crippen LogP contribution in [-0.4, -0.2) is 32.4 Å². The maximum absolute atomic E-state index is 12.6. The third-order valence-corrected chi connectivity index (χ3v) is 6.49. The van der Waals surface area contributed by atoms with E-state index in [0.29, 0.717) is 17.8 Å². The Morgan fingerprint density at radius 3 is 2.91 bits per heavy atom. The SMILES string of the molecule is CN(c1cccc2c1NC(C(N)=O)C2)S(=O)(=O)c1nccs1. The minimum Gasteiger partial charge on any atom is -0.371 e. The van der Waals surface area contributed by atoms with E-state index in [1.54, 1.807) is 17.5 Å². The molecule has 3 rings (SSSR count). The molecule has 22 heavy (non-hydrogen) atoms. The Hall–Kier alpha value is -2.13. The summed E-state index contributed by atoms with van der Waals surface area (Å²) in [6.45, 7) is 0. The van der Waals surface area contributed by atoms with Gasteiger partial charge in [0, 0.05) is 25.0 Å². The van der Waals surface area contributed by atoms with Gasteiger partial charge in [0.1, 0.15) is 6.04 Å². The van der Waals surface area contributed by atoms with Gasteiger partial charge in [-0.25, -0.2) is 4.98 Å². The first kappa shape index (κ1) is 14.8. The van der Waals surface area contributed by atoms with E-state index in [1.165, 1.54) is 17.5 Å². The van der Waals surface area contributed by atoms with Gasteiger partial charge in [0.15, 0.2) is 0 Å². The Morgan fingerprint density at radius 1 is 1.50 bits per heavy atom. The number of para-hydroxylation sites is 1. The van der Waals surface area contributed by atoms with Crippen molar-refractivity contribution < 1.29 is 13.2 Å². The zero-order chi connectivity index (χ0) is 15.9. The largest absolute Gasteiger partial charge is 0.371 e. The lowest BCUT2D eigenvalue weighted by Crippen LogP contribution is -2.34. The van der Waals surface area contributed by atoms with Crippen molar-refractivity contribution in [3.05, 3.63) is 35.3 Å². The molecule has 2 aromatic rings. The van der Waals surface area contributed by atoms with Gasteiger partial charge in [-0.15, -0.1) is 11.3 Å². The first-order valence-corrected chi connectivity index (χ1v) is 8.79. The molecule has 1 aliphatic rings. The van der Waals surface area contributed by atoms with Gasteiger partial charge in [-0.3, -0.25) is 9.10 Å². The second-order valence-electron chi connectivity index (χ2n) is 4.89. The highest BCUT2D eigenvalue weighted by atomic mass is 32.2. The smallest absolute Gasteiger partial charge is 0.291 e. The van der Waals surface area contributed by atoms with Gasteiger partial charge in [0.2, 0.25) is 10.2 Å². The Bertz CT molecular complexity index is 818. The third-order valence-electron chi connectivity index (χ3n) is 3.54. The summed E-state index contributed by atoms with van der Waals surface area (Å²) in [7, 11) is -2.26. The van der Waals surface area contributed by atoms with Crippen LogP contribution in [0.4, 0.5) is 11.4 Å². The number of nitrogens with one attached hydrogen (secondary N) is 1. The van der Waals surface area contributed by atoms with Crippen LogP contribution in [0.15, 0.2) is 34.1 Å². The number of hydrogen-bond donors (Lipinski definition) is 2. The average Bonchev–Trinajstić information content (AvgIpc) is 3.14. The summed E-state index contributed by atoms with van der Waals surface area (Å²) in [5.41, 5.74) is 7.28. The molecule has 1 aliphatic heterocycles.